The van der Waals surface area contributed by atoms with Crippen LogP contribution in [0.5, 0.6) is 0 Å². The van der Waals surface area contributed by atoms with Crippen molar-refractivity contribution in [2.45, 2.75) is 25.0 Å². The van der Waals surface area contributed by atoms with Crippen molar-refractivity contribution >= 4 is 17.7 Å². The first-order valence-corrected chi connectivity index (χ1v) is 8.91. The van der Waals surface area contributed by atoms with E-state index in [1.165, 1.54) is 0 Å². The molecule has 2 aromatic rings. The molecule has 120 valence electrons. The first kappa shape index (κ1) is 16.0. The summed E-state index contributed by atoms with van der Waals surface area (Å²) in [6, 6.07) is 11.9. The Labute approximate surface area is 140 Å². The molecule has 23 heavy (non-hydrogen) atoms. The van der Waals surface area contributed by atoms with E-state index in [0.29, 0.717) is 19.4 Å². The highest BCUT2D eigenvalue weighted by molar-refractivity contribution is 7.99. The van der Waals surface area contributed by atoms with Gasteiger partial charge in [0.05, 0.1) is 0 Å². The molecule has 2 heterocycles. The van der Waals surface area contributed by atoms with E-state index in [9.17, 15) is 9.90 Å². The SMILES string of the molecule is O=C(NCc1ccc(-c2cccnc2)cc1)C1(O)CCSCC1. The van der Waals surface area contributed by atoms with Crippen molar-refractivity contribution < 1.29 is 9.90 Å². The van der Waals surface area contributed by atoms with Gasteiger partial charge in [-0.1, -0.05) is 30.3 Å². The molecule has 1 fully saturated rings. The van der Waals surface area contributed by atoms with Crippen molar-refractivity contribution in [2.24, 2.45) is 0 Å². The maximum Gasteiger partial charge on any atom is 0.252 e. The Bertz CT molecular complexity index is 652. The Morgan fingerprint density at radius 1 is 1.17 bits per heavy atom. The number of nitrogens with one attached hydrogen (secondary N) is 1. The molecule has 1 aliphatic rings. The molecule has 0 radical (unpaired) electrons. The molecule has 0 unspecified atom stereocenters. The predicted molar refractivity (Wildman–Crippen MR) is 93.0 cm³/mol. The third-order valence-electron chi connectivity index (χ3n) is 4.14. The minimum atomic E-state index is -1.19. The largest absolute Gasteiger partial charge is 0.380 e. The Morgan fingerprint density at radius 3 is 2.57 bits per heavy atom. The summed E-state index contributed by atoms with van der Waals surface area (Å²) in [5.74, 6) is 1.42. The maximum atomic E-state index is 12.2. The van der Waals surface area contributed by atoms with Gasteiger partial charge < -0.3 is 10.4 Å². The fraction of sp³-hybridized carbons (Fsp3) is 0.333. The van der Waals surface area contributed by atoms with Gasteiger partial charge in [0, 0.05) is 18.9 Å². The van der Waals surface area contributed by atoms with E-state index in [2.05, 4.69) is 10.3 Å². The molecule has 0 bridgehead atoms. The number of benzene rings is 1. The molecular formula is C18H20N2O2S. The lowest BCUT2D eigenvalue weighted by molar-refractivity contribution is -0.140. The molecule has 5 heteroatoms. The van der Waals surface area contributed by atoms with Crippen LogP contribution in [0, 0.1) is 0 Å². The lowest BCUT2D eigenvalue weighted by atomic mass is 9.95. The summed E-state index contributed by atoms with van der Waals surface area (Å²) >= 11 is 1.78. The van der Waals surface area contributed by atoms with Crippen molar-refractivity contribution in [1.82, 2.24) is 10.3 Å². The minimum absolute atomic E-state index is 0.255. The molecule has 1 aromatic heterocycles. The van der Waals surface area contributed by atoms with Crippen molar-refractivity contribution in [3.8, 4) is 11.1 Å². The summed E-state index contributed by atoms with van der Waals surface area (Å²) in [6.07, 6.45) is 4.64. The van der Waals surface area contributed by atoms with Crippen LogP contribution in [0.15, 0.2) is 48.8 Å². The fourth-order valence-electron chi connectivity index (χ4n) is 2.63. The van der Waals surface area contributed by atoms with Crippen LogP contribution < -0.4 is 5.32 Å². The number of hydrogen-bond acceptors (Lipinski definition) is 4. The van der Waals surface area contributed by atoms with E-state index in [1.54, 1.807) is 18.0 Å². The third kappa shape index (κ3) is 3.92. The molecule has 1 amide bonds. The fourth-order valence-corrected chi connectivity index (χ4v) is 3.80. The highest BCUT2D eigenvalue weighted by Gasteiger charge is 2.37. The van der Waals surface area contributed by atoms with Gasteiger partial charge in [0.15, 0.2) is 0 Å². The average molecular weight is 328 g/mol. The maximum absolute atomic E-state index is 12.2. The van der Waals surface area contributed by atoms with Crippen LogP contribution in [0.2, 0.25) is 0 Å². The zero-order valence-corrected chi connectivity index (χ0v) is 13.7. The summed E-state index contributed by atoms with van der Waals surface area (Å²) in [4.78, 5) is 16.3. The van der Waals surface area contributed by atoms with Crippen molar-refractivity contribution in [3.05, 3.63) is 54.4 Å². The number of hydrogen-bond donors (Lipinski definition) is 2. The van der Waals surface area contributed by atoms with E-state index in [4.69, 9.17) is 0 Å². The Balaban J connectivity index is 1.59. The standard InChI is InChI=1S/C18H20N2O2S/c21-17(18(22)7-10-23-11-8-18)20-12-14-3-5-15(6-4-14)16-2-1-9-19-13-16/h1-6,9,13,22H,7-8,10-12H2,(H,20,21). The number of pyridine rings is 1. The molecule has 0 spiro atoms. The summed E-state index contributed by atoms with van der Waals surface area (Å²) in [5.41, 5.74) is 1.98. The number of nitrogens with zero attached hydrogens (tertiary/aromatic N) is 1. The lowest BCUT2D eigenvalue weighted by Gasteiger charge is -2.30. The molecule has 1 aromatic carbocycles. The number of amides is 1. The number of carbonyl (C=O) groups excluding carboxylic acids is 1. The molecule has 1 aliphatic heterocycles. The molecular weight excluding hydrogens is 308 g/mol. The summed E-state index contributed by atoms with van der Waals surface area (Å²) in [5, 5.41) is 13.2. The monoisotopic (exact) mass is 328 g/mol. The van der Waals surface area contributed by atoms with Crippen LogP contribution >= 0.6 is 11.8 Å². The van der Waals surface area contributed by atoms with E-state index < -0.39 is 5.60 Å². The summed E-state index contributed by atoms with van der Waals surface area (Å²) in [7, 11) is 0. The Morgan fingerprint density at radius 2 is 1.91 bits per heavy atom. The van der Waals surface area contributed by atoms with Gasteiger partial charge in [-0.25, -0.2) is 0 Å². The quantitative estimate of drug-likeness (QED) is 0.906. The topological polar surface area (TPSA) is 62.2 Å². The third-order valence-corrected chi connectivity index (χ3v) is 5.13. The lowest BCUT2D eigenvalue weighted by Crippen LogP contribution is -2.48. The minimum Gasteiger partial charge on any atom is -0.380 e. The second-order valence-corrected chi connectivity index (χ2v) is 6.99. The molecule has 0 aliphatic carbocycles. The summed E-state index contributed by atoms with van der Waals surface area (Å²) in [6.45, 7) is 0.432. The number of aliphatic hydroxyl groups is 1. The van der Waals surface area contributed by atoms with Crippen molar-refractivity contribution in [1.29, 1.82) is 0 Å². The Hall–Kier alpha value is -1.85. The number of rotatable bonds is 4. The van der Waals surface area contributed by atoms with Crippen molar-refractivity contribution in [3.63, 3.8) is 0 Å². The van der Waals surface area contributed by atoms with Gasteiger partial charge in [0.25, 0.3) is 5.91 Å². The molecule has 0 saturated carbocycles. The van der Waals surface area contributed by atoms with Crippen LogP contribution in [0.1, 0.15) is 18.4 Å². The van der Waals surface area contributed by atoms with Crippen LogP contribution in [0.25, 0.3) is 11.1 Å². The molecule has 4 nitrogen and oxygen atoms in total. The predicted octanol–water partition coefficient (Wildman–Crippen LogP) is 2.62. The highest BCUT2D eigenvalue weighted by Crippen LogP contribution is 2.27. The second kappa shape index (κ2) is 7.15. The van der Waals surface area contributed by atoms with Crippen LogP contribution in [-0.2, 0) is 11.3 Å². The van der Waals surface area contributed by atoms with Gasteiger partial charge in [-0.3, -0.25) is 9.78 Å². The van der Waals surface area contributed by atoms with Crippen LogP contribution in [-0.4, -0.2) is 33.1 Å². The number of aromatic nitrogens is 1. The van der Waals surface area contributed by atoms with Crippen LogP contribution in [0.3, 0.4) is 0 Å². The highest BCUT2D eigenvalue weighted by atomic mass is 32.2. The van der Waals surface area contributed by atoms with E-state index >= 15 is 0 Å². The van der Waals surface area contributed by atoms with E-state index in [1.807, 2.05) is 42.6 Å². The smallest absolute Gasteiger partial charge is 0.252 e. The van der Waals surface area contributed by atoms with Crippen LogP contribution in [0.4, 0.5) is 0 Å². The average Bonchev–Trinajstić information content (AvgIpc) is 2.61. The van der Waals surface area contributed by atoms with Gasteiger partial charge in [-0.2, -0.15) is 11.8 Å². The van der Waals surface area contributed by atoms with E-state index in [-0.39, 0.29) is 5.91 Å². The zero-order valence-electron chi connectivity index (χ0n) is 12.9. The molecule has 0 atom stereocenters. The molecule has 3 rings (SSSR count). The van der Waals surface area contributed by atoms with E-state index in [0.717, 1.165) is 28.2 Å². The number of thioether (sulfide) groups is 1. The van der Waals surface area contributed by atoms with Gasteiger partial charge in [-0.15, -0.1) is 0 Å². The first-order valence-electron chi connectivity index (χ1n) is 7.75. The second-order valence-electron chi connectivity index (χ2n) is 5.77. The molecule has 1 saturated heterocycles. The first-order chi connectivity index (χ1) is 11.2. The normalized spacial score (nSPS) is 16.7. The zero-order chi connectivity index (χ0) is 16.1. The Kier molecular flexibility index (Phi) is 4.98. The van der Waals surface area contributed by atoms with Gasteiger partial charge in [0.1, 0.15) is 5.60 Å². The van der Waals surface area contributed by atoms with Crippen molar-refractivity contribution in [2.75, 3.05) is 11.5 Å². The van der Waals surface area contributed by atoms with Gasteiger partial charge >= 0.3 is 0 Å². The number of carbonyl (C=O) groups is 1. The summed E-state index contributed by atoms with van der Waals surface area (Å²) < 4.78 is 0. The molecule has 2 N–H and O–H groups in total. The van der Waals surface area contributed by atoms with Gasteiger partial charge in [-0.05, 0) is 47.1 Å². The van der Waals surface area contributed by atoms with Gasteiger partial charge in [0.2, 0.25) is 0 Å².